The molecular weight excluding hydrogens is 252 g/mol. The number of nitrogens with one attached hydrogen (secondary N) is 1. The summed E-state index contributed by atoms with van der Waals surface area (Å²) >= 11 is 0. The molecule has 0 heterocycles. The number of amides is 1. The van der Waals surface area contributed by atoms with Crippen molar-refractivity contribution in [3.8, 4) is 5.75 Å². The molecule has 0 aliphatic rings. The lowest BCUT2D eigenvalue weighted by Crippen LogP contribution is -2.32. The number of ether oxygens (including phenoxy) is 1. The van der Waals surface area contributed by atoms with Gasteiger partial charge in [0.2, 0.25) is 5.91 Å². The summed E-state index contributed by atoms with van der Waals surface area (Å²) in [5, 5.41) is 2.73. The van der Waals surface area contributed by atoms with Crippen LogP contribution in [0.15, 0.2) is 24.3 Å². The molecule has 102 valence electrons. The number of nitrogens with two attached hydrogens (primary N) is 1. The van der Waals surface area contributed by atoms with Crippen molar-refractivity contribution in [2.45, 2.75) is 26.8 Å². The highest BCUT2D eigenvalue weighted by molar-refractivity contribution is 5.94. The Morgan fingerprint density at radius 2 is 2.06 bits per heavy atom. The van der Waals surface area contributed by atoms with Gasteiger partial charge < -0.3 is 15.8 Å². The molecule has 1 atom stereocenters. The van der Waals surface area contributed by atoms with Crippen LogP contribution in [-0.2, 0) is 4.79 Å². The zero-order chi connectivity index (χ0) is 12.8. The van der Waals surface area contributed by atoms with Gasteiger partial charge in [0.15, 0.2) is 0 Å². The Bertz CT molecular complexity index is 381. The van der Waals surface area contributed by atoms with Gasteiger partial charge in [-0.15, -0.1) is 12.4 Å². The Hall–Kier alpha value is -1.26. The molecule has 4 nitrogen and oxygen atoms in total. The molecule has 3 N–H and O–H groups in total. The molecule has 0 aromatic heterocycles. The fourth-order valence-electron chi connectivity index (χ4n) is 1.18. The van der Waals surface area contributed by atoms with Crippen LogP contribution < -0.4 is 15.8 Å². The van der Waals surface area contributed by atoms with Gasteiger partial charge in [0.1, 0.15) is 5.75 Å². The van der Waals surface area contributed by atoms with Crippen LogP contribution >= 0.6 is 12.4 Å². The molecule has 1 unspecified atom stereocenters. The lowest BCUT2D eigenvalue weighted by atomic mass is 10.2. The molecule has 1 rings (SSSR count). The summed E-state index contributed by atoms with van der Waals surface area (Å²) in [4.78, 5) is 11.4. The fraction of sp³-hybridized carbons (Fsp3) is 0.462. The number of halogens is 1. The van der Waals surface area contributed by atoms with E-state index in [-0.39, 0.29) is 18.3 Å². The lowest BCUT2D eigenvalue weighted by molar-refractivity contribution is -0.117. The molecule has 0 bridgehead atoms. The third kappa shape index (κ3) is 5.89. The molecule has 1 aromatic carbocycles. The predicted octanol–water partition coefficient (Wildman–Crippen LogP) is 2.43. The summed E-state index contributed by atoms with van der Waals surface area (Å²) in [6.07, 6.45) is 0. The Morgan fingerprint density at radius 3 is 2.61 bits per heavy atom. The molecule has 0 saturated heterocycles. The smallest absolute Gasteiger partial charge is 0.241 e. The van der Waals surface area contributed by atoms with Crippen molar-refractivity contribution < 1.29 is 9.53 Å². The number of carbonyl (C=O) groups excluding carboxylic acids is 1. The summed E-state index contributed by atoms with van der Waals surface area (Å²) in [7, 11) is 0. The molecule has 0 aliphatic carbocycles. The third-order valence-electron chi connectivity index (χ3n) is 2.10. The van der Waals surface area contributed by atoms with Gasteiger partial charge in [0.25, 0.3) is 0 Å². The summed E-state index contributed by atoms with van der Waals surface area (Å²) in [5.74, 6) is 1.02. The first-order valence-electron chi connectivity index (χ1n) is 5.78. The molecule has 0 fully saturated rings. The first-order chi connectivity index (χ1) is 7.99. The monoisotopic (exact) mass is 272 g/mol. The van der Waals surface area contributed by atoms with Crippen molar-refractivity contribution in [2.24, 2.45) is 11.7 Å². The largest absolute Gasteiger partial charge is 0.493 e. The minimum atomic E-state index is -0.518. The van der Waals surface area contributed by atoms with E-state index in [9.17, 15) is 4.79 Å². The molecule has 0 aliphatic heterocycles. The average molecular weight is 273 g/mol. The van der Waals surface area contributed by atoms with Gasteiger partial charge in [0.05, 0.1) is 12.6 Å². The second-order valence-electron chi connectivity index (χ2n) is 4.51. The first kappa shape index (κ1) is 16.7. The van der Waals surface area contributed by atoms with Gasteiger partial charge >= 0.3 is 0 Å². The maximum atomic E-state index is 11.4. The van der Waals surface area contributed by atoms with E-state index in [4.69, 9.17) is 10.5 Å². The standard InChI is InChI=1S/C13H20N2O2.ClH/c1-9(2)8-17-12-6-4-5-11(7-12)15-13(16)10(3)14;/h4-7,9-10H,8,14H2,1-3H3,(H,15,16);1H. The second kappa shape index (κ2) is 7.95. The van der Waals surface area contributed by atoms with Crippen LogP contribution in [0.5, 0.6) is 5.75 Å². The summed E-state index contributed by atoms with van der Waals surface area (Å²) in [5.41, 5.74) is 6.18. The van der Waals surface area contributed by atoms with E-state index >= 15 is 0 Å². The van der Waals surface area contributed by atoms with Crippen LogP contribution in [0.3, 0.4) is 0 Å². The van der Waals surface area contributed by atoms with Crippen LogP contribution in [0.1, 0.15) is 20.8 Å². The number of hydrogen-bond acceptors (Lipinski definition) is 3. The molecule has 0 spiro atoms. The van der Waals surface area contributed by atoms with Crippen molar-refractivity contribution in [3.05, 3.63) is 24.3 Å². The first-order valence-corrected chi connectivity index (χ1v) is 5.78. The molecule has 18 heavy (non-hydrogen) atoms. The van der Waals surface area contributed by atoms with E-state index in [1.54, 1.807) is 13.0 Å². The highest BCUT2D eigenvalue weighted by Crippen LogP contribution is 2.18. The lowest BCUT2D eigenvalue weighted by Gasteiger charge is -2.11. The van der Waals surface area contributed by atoms with Gasteiger partial charge in [-0.3, -0.25) is 4.79 Å². The van der Waals surface area contributed by atoms with Crippen LogP contribution in [0.2, 0.25) is 0 Å². The van der Waals surface area contributed by atoms with E-state index < -0.39 is 6.04 Å². The number of hydrogen-bond donors (Lipinski definition) is 2. The fourth-order valence-corrected chi connectivity index (χ4v) is 1.18. The van der Waals surface area contributed by atoms with E-state index in [1.807, 2.05) is 18.2 Å². The van der Waals surface area contributed by atoms with Crippen molar-refractivity contribution in [2.75, 3.05) is 11.9 Å². The predicted molar refractivity (Wildman–Crippen MR) is 76.3 cm³/mol. The Labute approximate surface area is 114 Å². The minimum absolute atomic E-state index is 0. The highest BCUT2D eigenvalue weighted by atomic mass is 35.5. The zero-order valence-electron chi connectivity index (χ0n) is 11.0. The van der Waals surface area contributed by atoms with Gasteiger partial charge in [-0.1, -0.05) is 19.9 Å². The quantitative estimate of drug-likeness (QED) is 0.865. The molecule has 0 radical (unpaired) electrons. The Balaban J connectivity index is 0.00000289. The molecule has 5 heteroatoms. The third-order valence-corrected chi connectivity index (χ3v) is 2.10. The Kier molecular flexibility index (Phi) is 7.39. The SMILES string of the molecule is CC(C)COc1cccc(NC(=O)C(C)N)c1.Cl. The normalized spacial score (nSPS) is 11.6. The van der Waals surface area contributed by atoms with Crippen LogP contribution in [0.4, 0.5) is 5.69 Å². The van der Waals surface area contributed by atoms with Crippen LogP contribution in [0.25, 0.3) is 0 Å². The number of carbonyl (C=O) groups is 1. The zero-order valence-corrected chi connectivity index (χ0v) is 11.8. The van der Waals surface area contributed by atoms with Gasteiger partial charge in [-0.25, -0.2) is 0 Å². The summed E-state index contributed by atoms with van der Waals surface area (Å²) < 4.78 is 5.57. The van der Waals surface area contributed by atoms with Gasteiger partial charge in [-0.05, 0) is 25.0 Å². The average Bonchev–Trinajstić information content (AvgIpc) is 2.26. The summed E-state index contributed by atoms with van der Waals surface area (Å²) in [6.45, 7) is 6.47. The highest BCUT2D eigenvalue weighted by Gasteiger charge is 2.07. The van der Waals surface area contributed by atoms with E-state index in [0.29, 0.717) is 18.2 Å². The van der Waals surface area contributed by atoms with E-state index in [2.05, 4.69) is 19.2 Å². The van der Waals surface area contributed by atoms with Crippen molar-refractivity contribution in [1.29, 1.82) is 0 Å². The Morgan fingerprint density at radius 1 is 1.39 bits per heavy atom. The maximum Gasteiger partial charge on any atom is 0.241 e. The number of rotatable bonds is 5. The molecule has 0 saturated carbocycles. The van der Waals surface area contributed by atoms with Crippen molar-refractivity contribution in [1.82, 2.24) is 0 Å². The van der Waals surface area contributed by atoms with Crippen molar-refractivity contribution >= 4 is 24.0 Å². The van der Waals surface area contributed by atoms with E-state index in [0.717, 1.165) is 5.75 Å². The van der Waals surface area contributed by atoms with E-state index in [1.165, 1.54) is 0 Å². The molecular formula is C13H21ClN2O2. The van der Waals surface area contributed by atoms with Gasteiger partial charge in [-0.2, -0.15) is 0 Å². The van der Waals surface area contributed by atoms with Gasteiger partial charge in [0, 0.05) is 11.8 Å². The molecule has 1 aromatic rings. The number of anilines is 1. The van der Waals surface area contributed by atoms with Crippen LogP contribution in [0, 0.1) is 5.92 Å². The topological polar surface area (TPSA) is 64.3 Å². The summed E-state index contributed by atoms with van der Waals surface area (Å²) in [6, 6.07) is 6.79. The maximum absolute atomic E-state index is 11.4. The van der Waals surface area contributed by atoms with Crippen molar-refractivity contribution in [3.63, 3.8) is 0 Å². The minimum Gasteiger partial charge on any atom is -0.493 e. The van der Waals surface area contributed by atoms with Crippen LogP contribution in [-0.4, -0.2) is 18.6 Å². The number of benzene rings is 1. The molecule has 1 amide bonds. The second-order valence-corrected chi connectivity index (χ2v) is 4.51.